The number of imidazole rings is 1. The van der Waals surface area contributed by atoms with E-state index in [1.165, 1.54) is 12.0 Å². The van der Waals surface area contributed by atoms with E-state index in [-0.39, 0.29) is 6.04 Å². The van der Waals surface area contributed by atoms with Gasteiger partial charge < -0.3 is 9.88 Å². The van der Waals surface area contributed by atoms with Gasteiger partial charge in [-0.3, -0.25) is 0 Å². The molecule has 2 aromatic rings. The predicted molar refractivity (Wildman–Crippen MR) is 80.4 cm³/mol. The van der Waals surface area contributed by atoms with Crippen molar-refractivity contribution < 1.29 is 0 Å². The standard InChI is InChI=1S/C16H23N3/c1-5-12(2)14-6-8-15(9-7-14)18-13(3)16-17-10-11-19(16)4/h6-13,18H,5H2,1-4H3. The Labute approximate surface area is 115 Å². The summed E-state index contributed by atoms with van der Waals surface area (Å²) < 4.78 is 2.05. The van der Waals surface area contributed by atoms with Gasteiger partial charge in [0.2, 0.25) is 0 Å². The van der Waals surface area contributed by atoms with Crippen molar-refractivity contribution in [2.45, 2.75) is 39.2 Å². The van der Waals surface area contributed by atoms with Crippen LogP contribution in [0.1, 0.15) is 50.5 Å². The van der Waals surface area contributed by atoms with Gasteiger partial charge in [-0.25, -0.2) is 4.98 Å². The number of hydrogen-bond acceptors (Lipinski definition) is 2. The molecule has 19 heavy (non-hydrogen) atoms. The number of nitrogens with zero attached hydrogens (tertiary/aromatic N) is 2. The summed E-state index contributed by atoms with van der Waals surface area (Å²) in [5.41, 5.74) is 2.54. The lowest BCUT2D eigenvalue weighted by Gasteiger charge is -2.16. The summed E-state index contributed by atoms with van der Waals surface area (Å²) in [7, 11) is 2.02. The van der Waals surface area contributed by atoms with E-state index in [4.69, 9.17) is 0 Å². The number of aryl methyl sites for hydroxylation is 1. The van der Waals surface area contributed by atoms with Crippen LogP contribution in [-0.4, -0.2) is 9.55 Å². The van der Waals surface area contributed by atoms with E-state index in [1.54, 1.807) is 0 Å². The molecule has 3 nitrogen and oxygen atoms in total. The largest absolute Gasteiger partial charge is 0.375 e. The second-order valence-corrected chi connectivity index (χ2v) is 5.19. The summed E-state index contributed by atoms with van der Waals surface area (Å²) in [4.78, 5) is 4.37. The molecule has 2 rings (SSSR count). The van der Waals surface area contributed by atoms with Crippen molar-refractivity contribution in [3.8, 4) is 0 Å². The summed E-state index contributed by atoms with van der Waals surface area (Å²) in [5.74, 6) is 1.67. The summed E-state index contributed by atoms with van der Waals surface area (Å²) in [6.45, 7) is 6.61. The zero-order valence-electron chi connectivity index (χ0n) is 12.2. The molecule has 1 aromatic carbocycles. The van der Waals surface area contributed by atoms with Crippen LogP contribution in [0.4, 0.5) is 5.69 Å². The number of hydrogen-bond donors (Lipinski definition) is 1. The number of rotatable bonds is 5. The molecule has 0 aliphatic carbocycles. The Kier molecular flexibility index (Phi) is 4.25. The van der Waals surface area contributed by atoms with Crippen LogP contribution in [-0.2, 0) is 7.05 Å². The lowest BCUT2D eigenvalue weighted by Crippen LogP contribution is -2.11. The van der Waals surface area contributed by atoms with Crippen LogP contribution in [0.3, 0.4) is 0 Å². The summed E-state index contributed by atoms with van der Waals surface area (Å²) in [6, 6.07) is 8.93. The second kappa shape index (κ2) is 5.91. The van der Waals surface area contributed by atoms with E-state index in [0.717, 1.165) is 11.5 Å². The minimum atomic E-state index is 0.203. The molecule has 0 saturated heterocycles. The van der Waals surface area contributed by atoms with Crippen LogP contribution < -0.4 is 5.32 Å². The fourth-order valence-electron chi connectivity index (χ4n) is 2.25. The topological polar surface area (TPSA) is 29.9 Å². The van der Waals surface area contributed by atoms with Crippen molar-refractivity contribution in [3.05, 3.63) is 48.0 Å². The lowest BCUT2D eigenvalue weighted by molar-refractivity contribution is 0.720. The zero-order valence-corrected chi connectivity index (χ0v) is 12.2. The first kappa shape index (κ1) is 13.7. The maximum Gasteiger partial charge on any atom is 0.130 e. The smallest absolute Gasteiger partial charge is 0.130 e. The molecule has 0 aliphatic heterocycles. The third kappa shape index (κ3) is 3.16. The van der Waals surface area contributed by atoms with E-state index < -0.39 is 0 Å². The van der Waals surface area contributed by atoms with E-state index in [0.29, 0.717) is 5.92 Å². The summed E-state index contributed by atoms with van der Waals surface area (Å²) >= 11 is 0. The highest BCUT2D eigenvalue weighted by Crippen LogP contribution is 2.22. The third-order valence-electron chi connectivity index (χ3n) is 3.72. The third-order valence-corrected chi connectivity index (χ3v) is 3.72. The molecule has 102 valence electrons. The molecule has 1 heterocycles. The molecule has 2 unspecified atom stereocenters. The Morgan fingerprint density at radius 2 is 1.89 bits per heavy atom. The lowest BCUT2D eigenvalue weighted by atomic mass is 9.98. The molecule has 0 fully saturated rings. The van der Waals surface area contributed by atoms with Crippen molar-refractivity contribution >= 4 is 5.69 Å². The highest BCUT2D eigenvalue weighted by molar-refractivity contribution is 5.46. The fraction of sp³-hybridized carbons (Fsp3) is 0.438. The minimum absolute atomic E-state index is 0.203. The van der Waals surface area contributed by atoms with Crippen LogP contribution >= 0.6 is 0 Å². The normalized spacial score (nSPS) is 14.1. The first-order valence-electron chi connectivity index (χ1n) is 6.95. The van der Waals surface area contributed by atoms with Gasteiger partial charge in [0.1, 0.15) is 5.82 Å². The molecule has 3 heteroatoms. The summed E-state index contributed by atoms with van der Waals surface area (Å²) in [5, 5.41) is 3.49. The maximum atomic E-state index is 4.37. The van der Waals surface area contributed by atoms with Gasteiger partial charge in [0.25, 0.3) is 0 Å². The van der Waals surface area contributed by atoms with Crippen molar-refractivity contribution in [2.24, 2.45) is 7.05 Å². The van der Waals surface area contributed by atoms with Gasteiger partial charge in [-0.15, -0.1) is 0 Å². The Hall–Kier alpha value is -1.77. The average molecular weight is 257 g/mol. The Balaban J connectivity index is 2.06. The van der Waals surface area contributed by atoms with Gasteiger partial charge in [0.15, 0.2) is 0 Å². The van der Waals surface area contributed by atoms with Crippen LogP contribution in [0.25, 0.3) is 0 Å². The van der Waals surface area contributed by atoms with Gasteiger partial charge in [0, 0.05) is 25.1 Å². The summed E-state index contributed by atoms with van der Waals surface area (Å²) in [6.07, 6.45) is 4.98. The van der Waals surface area contributed by atoms with E-state index in [2.05, 4.69) is 55.3 Å². The van der Waals surface area contributed by atoms with Gasteiger partial charge >= 0.3 is 0 Å². The molecule has 0 radical (unpaired) electrons. The van der Waals surface area contributed by atoms with Crippen molar-refractivity contribution in [1.29, 1.82) is 0 Å². The molecule has 1 N–H and O–H groups in total. The SMILES string of the molecule is CCC(C)c1ccc(NC(C)c2nccn2C)cc1. The van der Waals surface area contributed by atoms with Gasteiger partial charge in [-0.05, 0) is 37.0 Å². The first-order valence-corrected chi connectivity index (χ1v) is 6.95. The molecule has 0 spiro atoms. The Morgan fingerprint density at radius 3 is 2.42 bits per heavy atom. The minimum Gasteiger partial charge on any atom is -0.375 e. The zero-order chi connectivity index (χ0) is 13.8. The molecular formula is C16H23N3. The molecule has 2 atom stereocenters. The van der Waals surface area contributed by atoms with E-state index >= 15 is 0 Å². The molecule has 1 aromatic heterocycles. The predicted octanol–water partition coefficient (Wildman–Crippen LogP) is 4.11. The van der Waals surface area contributed by atoms with Crippen molar-refractivity contribution in [3.63, 3.8) is 0 Å². The van der Waals surface area contributed by atoms with Crippen LogP contribution in [0.5, 0.6) is 0 Å². The van der Waals surface area contributed by atoms with Crippen LogP contribution in [0.15, 0.2) is 36.7 Å². The molecule has 0 aliphatic rings. The van der Waals surface area contributed by atoms with Gasteiger partial charge in [0.05, 0.1) is 6.04 Å². The quantitative estimate of drug-likeness (QED) is 0.873. The molecule has 0 amide bonds. The second-order valence-electron chi connectivity index (χ2n) is 5.19. The van der Waals surface area contributed by atoms with E-state index in [1.807, 2.05) is 24.0 Å². The monoisotopic (exact) mass is 257 g/mol. The van der Waals surface area contributed by atoms with Crippen LogP contribution in [0, 0.1) is 0 Å². The highest BCUT2D eigenvalue weighted by Gasteiger charge is 2.10. The highest BCUT2D eigenvalue weighted by atomic mass is 15.1. The molecule has 0 saturated carbocycles. The average Bonchev–Trinajstić information content (AvgIpc) is 2.85. The van der Waals surface area contributed by atoms with Gasteiger partial charge in [-0.2, -0.15) is 0 Å². The van der Waals surface area contributed by atoms with Crippen LogP contribution in [0.2, 0.25) is 0 Å². The van der Waals surface area contributed by atoms with Crippen molar-refractivity contribution in [1.82, 2.24) is 9.55 Å². The molecular weight excluding hydrogens is 234 g/mol. The fourth-order valence-corrected chi connectivity index (χ4v) is 2.25. The van der Waals surface area contributed by atoms with E-state index in [9.17, 15) is 0 Å². The number of nitrogens with one attached hydrogen (secondary N) is 1. The Morgan fingerprint density at radius 1 is 1.21 bits per heavy atom. The first-order chi connectivity index (χ1) is 9.11. The number of aromatic nitrogens is 2. The Bertz CT molecular complexity index is 513. The number of anilines is 1. The van der Waals surface area contributed by atoms with Crippen molar-refractivity contribution in [2.75, 3.05) is 5.32 Å². The number of benzene rings is 1. The van der Waals surface area contributed by atoms with Gasteiger partial charge in [-0.1, -0.05) is 26.0 Å². The maximum absolute atomic E-state index is 4.37. The molecule has 0 bridgehead atoms.